The van der Waals surface area contributed by atoms with Crippen molar-refractivity contribution in [2.75, 3.05) is 40.6 Å². The predicted octanol–water partition coefficient (Wildman–Crippen LogP) is 0.974. The number of methoxy groups -OCH3 is 1. The molecule has 4 atom stereocenters. The lowest BCUT2D eigenvalue weighted by atomic mass is 10.2. The van der Waals surface area contributed by atoms with Crippen LogP contribution in [0.3, 0.4) is 0 Å². The zero-order valence-corrected chi connectivity index (χ0v) is 20.8. The topological polar surface area (TPSA) is 164 Å². The number of nitrogens with zero attached hydrogens (tertiary/aromatic N) is 1. The Hall–Kier alpha value is -2.08. The number of aromatic nitrogens is 2. The van der Waals surface area contributed by atoms with E-state index < -0.39 is 37.3 Å². The molecule has 1 saturated heterocycles. The minimum absolute atomic E-state index is 0.104. The van der Waals surface area contributed by atoms with Gasteiger partial charge in [-0.05, 0) is 25.5 Å². The van der Waals surface area contributed by atoms with E-state index in [1.807, 2.05) is 0 Å². The van der Waals surface area contributed by atoms with Gasteiger partial charge in [0.05, 0.1) is 18.3 Å². The average Bonchev–Trinajstić information content (AvgIpc) is 3.17. The number of rotatable bonds is 14. The molecular weight excluding hydrogens is 467 g/mol. The molecule has 0 bridgehead atoms. The number of hydrogen-bond acceptors (Lipinski definition) is 9. The second kappa shape index (κ2) is 13.7. The fourth-order valence-electron chi connectivity index (χ4n) is 3.48. The van der Waals surface area contributed by atoms with Gasteiger partial charge < -0.3 is 29.6 Å². The third-order valence-corrected chi connectivity index (χ3v) is 6.64. The second-order valence-electron chi connectivity index (χ2n) is 8.00. The van der Waals surface area contributed by atoms with Crippen molar-refractivity contribution >= 4 is 19.6 Å². The maximum absolute atomic E-state index is 12.4. The number of ether oxygens (including phenoxy) is 2. The van der Waals surface area contributed by atoms with Gasteiger partial charge in [0, 0.05) is 46.1 Å². The summed E-state index contributed by atoms with van der Waals surface area (Å²) in [5.74, 6) is -0.347. The molecule has 13 heteroatoms. The monoisotopic (exact) mass is 502 g/mol. The summed E-state index contributed by atoms with van der Waals surface area (Å²) in [5.41, 5.74) is 4.24. The molecular formula is C21H35N4O8P. The molecule has 1 fully saturated rings. The van der Waals surface area contributed by atoms with E-state index in [1.54, 1.807) is 0 Å². The third kappa shape index (κ3) is 8.61. The smallest absolute Gasteiger partial charge is 0.330 e. The summed E-state index contributed by atoms with van der Waals surface area (Å²) in [7, 11) is -0.550. The first kappa shape index (κ1) is 28.2. The van der Waals surface area contributed by atoms with Gasteiger partial charge in [-0.3, -0.25) is 23.7 Å². The lowest BCUT2D eigenvalue weighted by molar-refractivity contribution is -0.116. The predicted molar refractivity (Wildman–Crippen MR) is 127 cm³/mol. The van der Waals surface area contributed by atoms with Crippen LogP contribution in [0.2, 0.25) is 0 Å². The van der Waals surface area contributed by atoms with Gasteiger partial charge in [-0.1, -0.05) is 12.8 Å². The van der Waals surface area contributed by atoms with Crippen molar-refractivity contribution in [3.05, 3.63) is 38.7 Å². The fourth-order valence-corrected chi connectivity index (χ4v) is 4.28. The van der Waals surface area contributed by atoms with Gasteiger partial charge >= 0.3 is 13.3 Å². The largest absolute Gasteiger partial charge is 0.382 e. The lowest BCUT2D eigenvalue weighted by Crippen LogP contribution is -2.33. The molecule has 1 aromatic heterocycles. The summed E-state index contributed by atoms with van der Waals surface area (Å²) in [6.45, 7) is 2.65. The van der Waals surface area contributed by atoms with Gasteiger partial charge in [0.25, 0.3) is 5.56 Å². The Kier molecular flexibility index (Phi) is 11.4. The quantitative estimate of drug-likeness (QED) is 0.191. The molecule has 192 valence electrons. The van der Waals surface area contributed by atoms with Gasteiger partial charge in [-0.2, -0.15) is 0 Å². The first-order valence-electron chi connectivity index (χ1n) is 11.2. The van der Waals surface area contributed by atoms with Crippen molar-refractivity contribution in [1.82, 2.24) is 14.9 Å². The van der Waals surface area contributed by atoms with E-state index in [4.69, 9.17) is 24.3 Å². The van der Waals surface area contributed by atoms with Crippen LogP contribution in [0.15, 0.2) is 21.9 Å². The van der Waals surface area contributed by atoms with Crippen molar-refractivity contribution < 1.29 is 27.9 Å². The summed E-state index contributed by atoms with van der Waals surface area (Å²) in [6.07, 6.45) is 5.78. The molecule has 0 radical (unpaired) electrons. The number of hydrogen-bond donors (Lipinski definition) is 3. The van der Waals surface area contributed by atoms with Crippen molar-refractivity contribution in [3.63, 3.8) is 0 Å². The van der Waals surface area contributed by atoms with E-state index >= 15 is 0 Å². The molecule has 1 aliphatic heterocycles. The highest BCUT2D eigenvalue weighted by atomic mass is 31.2. The molecule has 0 spiro atoms. The summed E-state index contributed by atoms with van der Waals surface area (Å²) in [5, 5.41) is 2.75. The minimum atomic E-state index is -3.31. The number of nitrogens with one attached hydrogen (secondary N) is 2. The van der Waals surface area contributed by atoms with E-state index in [2.05, 4.69) is 10.3 Å². The highest BCUT2D eigenvalue weighted by Crippen LogP contribution is 2.47. The summed E-state index contributed by atoms with van der Waals surface area (Å²) >= 11 is 0. The third-order valence-electron chi connectivity index (χ3n) is 5.32. The molecule has 0 aromatic carbocycles. The van der Waals surface area contributed by atoms with E-state index in [-0.39, 0.29) is 24.5 Å². The van der Waals surface area contributed by atoms with Gasteiger partial charge in [-0.15, -0.1) is 0 Å². The Balaban J connectivity index is 2.09. The van der Waals surface area contributed by atoms with Crippen LogP contribution >= 0.6 is 7.60 Å². The Morgan fingerprint density at radius 2 is 2.06 bits per heavy atom. The number of unbranched alkanes of at least 4 members (excludes halogenated alkanes) is 3. The van der Waals surface area contributed by atoms with E-state index in [0.717, 1.165) is 25.7 Å². The Labute approximate surface area is 198 Å². The first-order valence-corrected chi connectivity index (χ1v) is 13.2. The Morgan fingerprint density at radius 1 is 1.32 bits per heavy atom. The zero-order valence-electron chi connectivity index (χ0n) is 19.9. The average molecular weight is 503 g/mol. The molecule has 2 rings (SSSR count). The molecule has 2 unspecified atom stereocenters. The molecule has 0 saturated carbocycles. The maximum Gasteiger partial charge on any atom is 0.330 e. The summed E-state index contributed by atoms with van der Waals surface area (Å²) < 4.78 is 35.0. The van der Waals surface area contributed by atoms with Gasteiger partial charge in [-0.25, -0.2) is 4.79 Å². The van der Waals surface area contributed by atoms with Crippen molar-refractivity contribution in [2.24, 2.45) is 5.73 Å². The molecule has 0 aliphatic carbocycles. The Morgan fingerprint density at radius 3 is 2.74 bits per heavy atom. The normalized spacial score (nSPS) is 22.2. The number of aromatic amines is 1. The van der Waals surface area contributed by atoms with Crippen molar-refractivity contribution in [2.45, 2.75) is 50.5 Å². The van der Waals surface area contributed by atoms with Crippen LogP contribution in [-0.2, 0) is 27.9 Å². The maximum atomic E-state index is 12.4. The van der Waals surface area contributed by atoms with Crippen LogP contribution in [0.4, 0.5) is 0 Å². The number of H-pyrrole nitrogens is 1. The van der Waals surface area contributed by atoms with E-state index in [1.165, 1.54) is 43.8 Å². The zero-order chi connectivity index (χ0) is 25.1. The number of amides is 1. The molecule has 34 heavy (non-hydrogen) atoms. The molecule has 1 aliphatic rings. The van der Waals surface area contributed by atoms with Gasteiger partial charge in [0.1, 0.15) is 12.3 Å². The Bertz CT molecular complexity index is 992. The number of carbonyl (C=O) groups excluding carboxylic acids is 1. The summed E-state index contributed by atoms with van der Waals surface area (Å²) in [4.78, 5) is 39.0. The SMILES string of the molecule is COC[C@H]1O[C@@H](n2cc(/C=C/C(=O)NCCCCCCN)c(=O)[nH]c2=O)CC1OP(C)(=O)OC. The fraction of sp³-hybridized carbons (Fsp3) is 0.667. The van der Waals surface area contributed by atoms with Crippen molar-refractivity contribution in [1.29, 1.82) is 0 Å². The number of carbonyl (C=O) groups is 1. The summed E-state index contributed by atoms with van der Waals surface area (Å²) in [6, 6.07) is 0. The molecule has 2 heterocycles. The van der Waals surface area contributed by atoms with Gasteiger partial charge in [0.2, 0.25) is 5.91 Å². The van der Waals surface area contributed by atoms with Crippen molar-refractivity contribution in [3.8, 4) is 0 Å². The highest BCUT2D eigenvalue weighted by molar-refractivity contribution is 7.52. The van der Waals surface area contributed by atoms with Crippen LogP contribution in [0.1, 0.15) is 43.9 Å². The molecule has 12 nitrogen and oxygen atoms in total. The van der Waals surface area contributed by atoms with E-state index in [0.29, 0.717) is 13.1 Å². The molecule has 1 amide bonds. The molecule has 4 N–H and O–H groups in total. The van der Waals surface area contributed by atoms with E-state index in [9.17, 15) is 18.9 Å². The second-order valence-corrected chi connectivity index (χ2v) is 10.1. The van der Waals surface area contributed by atoms with Gasteiger partial charge in [0.15, 0.2) is 0 Å². The minimum Gasteiger partial charge on any atom is -0.382 e. The van der Waals surface area contributed by atoms with Crippen LogP contribution in [0, 0.1) is 0 Å². The van der Waals surface area contributed by atoms with Crippen LogP contribution in [0.5, 0.6) is 0 Å². The first-order chi connectivity index (χ1) is 16.2. The lowest BCUT2D eigenvalue weighted by Gasteiger charge is -2.20. The molecule has 1 aromatic rings. The highest BCUT2D eigenvalue weighted by Gasteiger charge is 2.40. The van der Waals surface area contributed by atoms with Crippen LogP contribution < -0.4 is 22.3 Å². The standard InChI is InChI=1S/C21H35N4O8P/c1-30-14-17-16(33-34(3,29)31-2)12-19(32-17)25-13-15(20(27)24-21(25)28)8-9-18(26)23-11-7-5-4-6-10-22/h8-9,13,16-17,19H,4-7,10-12,14,22H2,1-3H3,(H,23,26)(H,24,27,28)/b9-8+/t16?,17-,19-,34?/m1/s1. The number of nitrogens with two attached hydrogens (primary N) is 1. The van der Waals surface area contributed by atoms with Crippen LogP contribution in [-0.4, -0.2) is 68.2 Å². The van der Waals surface area contributed by atoms with Crippen LogP contribution in [0.25, 0.3) is 6.08 Å².